The summed E-state index contributed by atoms with van der Waals surface area (Å²) in [6.07, 6.45) is 5.52. The van der Waals surface area contributed by atoms with Gasteiger partial charge in [0.1, 0.15) is 11.4 Å². The summed E-state index contributed by atoms with van der Waals surface area (Å²) in [6.45, 7) is 4.12. The molecule has 2 aliphatic heterocycles. The maximum atomic E-state index is 13.5. The molecule has 4 atom stereocenters. The largest absolute Gasteiger partial charge is 0.468 e. The smallest absolute Gasteiger partial charge is 0.255 e. The number of fused-ring (bicyclic) bond motifs is 3. The summed E-state index contributed by atoms with van der Waals surface area (Å²) in [4.78, 5) is 30.7. The standard InChI is InChI=1S/C25H30N4O3/c30-23-20-5-1-2-6-22(20)26-25(27-23)15-17-7-8-18(25)14-21(17)24(31)29-11-9-28(10-12-29)16-19-4-3-13-32-19/h1-6,13,17-18,21,26H,7-12,14-16H2,(H,27,30)/t17-,18+,21-,25+/m0/s1. The maximum absolute atomic E-state index is 13.5. The van der Waals surface area contributed by atoms with Gasteiger partial charge in [-0.2, -0.15) is 0 Å². The van der Waals surface area contributed by atoms with Crippen LogP contribution in [-0.2, 0) is 11.3 Å². The lowest BCUT2D eigenvalue weighted by atomic mass is 9.58. The van der Waals surface area contributed by atoms with Gasteiger partial charge in [-0.3, -0.25) is 14.5 Å². The number of hydrogen-bond donors (Lipinski definition) is 2. The summed E-state index contributed by atoms with van der Waals surface area (Å²) in [6, 6.07) is 11.6. The summed E-state index contributed by atoms with van der Waals surface area (Å²) in [7, 11) is 0. The van der Waals surface area contributed by atoms with Crippen molar-refractivity contribution in [3.05, 3.63) is 54.0 Å². The number of anilines is 1. The molecule has 2 bridgehead atoms. The van der Waals surface area contributed by atoms with Crippen LogP contribution in [0.25, 0.3) is 0 Å². The monoisotopic (exact) mass is 434 g/mol. The van der Waals surface area contributed by atoms with Gasteiger partial charge in [0.25, 0.3) is 5.91 Å². The van der Waals surface area contributed by atoms with E-state index in [2.05, 4.69) is 20.4 Å². The zero-order chi connectivity index (χ0) is 21.7. The van der Waals surface area contributed by atoms with Crippen molar-refractivity contribution in [1.82, 2.24) is 15.1 Å². The van der Waals surface area contributed by atoms with E-state index in [0.29, 0.717) is 17.4 Å². The highest BCUT2D eigenvalue weighted by Gasteiger charge is 2.55. The van der Waals surface area contributed by atoms with Gasteiger partial charge in [0, 0.05) is 43.7 Å². The van der Waals surface area contributed by atoms with Crippen LogP contribution in [0.15, 0.2) is 47.1 Å². The molecule has 7 nitrogen and oxygen atoms in total. The van der Waals surface area contributed by atoms with E-state index >= 15 is 0 Å². The molecule has 0 unspecified atom stereocenters. The average molecular weight is 435 g/mol. The third kappa shape index (κ3) is 3.30. The van der Waals surface area contributed by atoms with Gasteiger partial charge in [-0.1, -0.05) is 12.1 Å². The molecule has 7 rings (SSSR count). The SMILES string of the molecule is O=C1N[C@@]2(C[C@@H]3CC[C@@H]2C[C@@H]3C(=O)N2CCN(Cc3ccco3)CC2)Nc2ccccc21. The predicted molar refractivity (Wildman–Crippen MR) is 120 cm³/mol. The van der Waals surface area contributed by atoms with E-state index in [1.807, 2.05) is 36.4 Å². The summed E-state index contributed by atoms with van der Waals surface area (Å²) in [5.74, 6) is 1.96. The second-order valence-electron chi connectivity index (χ2n) is 9.86. The molecule has 1 aromatic heterocycles. The van der Waals surface area contributed by atoms with E-state index < -0.39 is 5.66 Å². The van der Waals surface area contributed by atoms with E-state index in [-0.39, 0.29) is 17.7 Å². The van der Waals surface area contributed by atoms with Crippen molar-refractivity contribution in [3.8, 4) is 0 Å². The second kappa shape index (κ2) is 7.66. The molecule has 1 saturated heterocycles. The molecule has 4 fully saturated rings. The number of furan rings is 1. The second-order valence-corrected chi connectivity index (χ2v) is 9.86. The van der Waals surface area contributed by atoms with E-state index in [9.17, 15) is 9.59 Å². The normalized spacial score (nSPS) is 31.8. The molecule has 3 aliphatic carbocycles. The average Bonchev–Trinajstić information content (AvgIpc) is 3.32. The maximum Gasteiger partial charge on any atom is 0.255 e. The predicted octanol–water partition coefficient (Wildman–Crippen LogP) is 2.91. The van der Waals surface area contributed by atoms with E-state index in [4.69, 9.17) is 4.42 Å². The Morgan fingerprint density at radius 1 is 1.06 bits per heavy atom. The Kier molecular flexibility index (Phi) is 4.75. The van der Waals surface area contributed by atoms with Crippen molar-refractivity contribution >= 4 is 17.5 Å². The van der Waals surface area contributed by atoms with Crippen LogP contribution in [0, 0.1) is 17.8 Å². The van der Waals surface area contributed by atoms with E-state index in [1.54, 1.807) is 6.26 Å². The first-order valence-electron chi connectivity index (χ1n) is 11.8. The summed E-state index contributed by atoms with van der Waals surface area (Å²) < 4.78 is 5.47. The first-order valence-corrected chi connectivity index (χ1v) is 11.8. The third-order valence-corrected chi connectivity index (χ3v) is 8.10. The fraction of sp³-hybridized carbons (Fsp3) is 0.520. The van der Waals surface area contributed by atoms with Crippen LogP contribution in [-0.4, -0.2) is 53.5 Å². The third-order valence-electron chi connectivity index (χ3n) is 8.10. The molecule has 168 valence electrons. The minimum atomic E-state index is -0.410. The number of nitrogens with one attached hydrogen (secondary N) is 2. The molecule has 3 heterocycles. The lowest BCUT2D eigenvalue weighted by molar-refractivity contribution is -0.145. The molecule has 32 heavy (non-hydrogen) atoms. The Morgan fingerprint density at radius 3 is 2.66 bits per heavy atom. The van der Waals surface area contributed by atoms with Gasteiger partial charge in [-0.15, -0.1) is 0 Å². The Bertz CT molecular complexity index is 1010. The topological polar surface area (TPSA) is 77.8 Å². The molecule has 7 heteroatoms. The minimum Gasteiger partial charge on any atom is -0.468 e. The number of hydrogen-bond acceptors (Lipinski definition) is 5. The molecular formula is C25H30N4O3. The van der Waals surface area contributed by atoms with Crippen LogP contribution in [0.5, 0.6) is 0 Å². The lowest BCUT2D eigenvalue weighted by Gasteiger charge is -2.57. The van der Waals surface area contributed by atoms with E-state index in [1.165, 1.54) is 0 Å². The quantitative estimate of drug-likeness (QED) is 0.777. The van der Waals surface area contributed by atoms with Crippen molar-refractivity contribution < 1.29 is 14.0 Å². The van der Waals surface area contributed by atoms with Crippen LogP contribution in [0.1, 0.15) is 41.8 Å². The van der Waals surface area contributed by atoms with Crippen LogP contribution in [0.2, 0.25) is 0 Å². The molecule has 3 saturated carbocycles. The fourth-order valence-corrected chi connectivity index (χ4v) is 6.43. The molecule has 1 aromatic carbocycles. The number of carbonyl (C=O) groups excluding carboxylic acids is 2. The summed E-state index contributed by atoms with van der Waals surface area (Å²) in [5, 5.41) is 6.96. The molecule has 1 spiro atoms. The summed E-state index contributed by atoms with van der Waals surface area (Å²) in [5.41, 5.74) is 1.21. The number of para-hydroxylation sites is 1. The zero-order valence-corrected chi connectivity index (χ0v) is 18.3. The number of rotatable bonds is 3. The molecule has 2 N–H and O–H groups in total. The zero-order valence-electron chi connectivity index (χ0n) is 18.3. The number of piperazine rings is 1. The Morgan fingerprint density at radius 2 is 1.91 bits per heavy atom. The Labute approximate surface area is 188 Å². The number of nitrogens with zero attached hydrogens (tertiary/aromatic N) is 2. The highest BCUT2D eigenvalue weighted by molar-refractivity contribution is 6.02. The van der Waals surface area contributed by atoms with Crippen molar-refractivity contribution in [2.24, 2.45) is 17.8 Å². The fourth-order valence-electron chi connectivity index (χ4n) is 6.43. The summed E-state index contributed by atoms with van der Waals surface area (Å²) >= 11 is 0. The first-order chi connectivity index (χ1) is 15.6. The van der Waals surface area contributed by atoms with Crippen molar-refractivity contribution in [3.63, 3.8) is 0 Å². The molecular weight excluding hydrogens is 404 g/mol. The Balaban J connectivity index is 1.11. The number of carbonyl (C=O) groups is 2. The molecule has 0 radical (unpaired) electrons. The van der Waals surface area contributed by atoms with Gasteiger partial charge in [0.15, 0.2) is 0 Å². The van der Waals surface area contributed by atoms with Crippen LogP contribution in [0.4, 0.5) is 5.69 Å². The lowest BCUT2D eigenvalue weighted by Crippen LogP contribution is -2.68. The van der Waals surface area contributed by atoms with Gasteiger partial charge < -0.3 is 20.0 Å². The van der Waals surface area contributed by atoms with Gasteiger partial charge >= 0.3 is 0 Å². The van der Waals surface area contributed by atoms with Crippen molar-refractivity contribution in [2.45, 2.75) is 37.9 Å². The highest BCUT2D eigenvalue weighted by Crippen LogP contribution is 2.52. The van der Waals surface area contributed by atoms with Crippen molar-refractivity contribution in [2.75, 3.05) is 31.5 Å². The van der Waals surface area contributed by atoms with Crippen LogP contribution < -0.4 is 10.6 Å². The van der Waals surface area contributed by atoms with Gasteiger partial charge in [0.2, 0.25) is 5.91 Å². The first kappa shape index (κ1) is 19.9. The van der Waals surface area contributed by atoms with Crippen LogP contribution >= 0.6 is 0 Å². The molecule has 2 aromatic rings. The van der Waals surface area contributed by atoms with Crippen LogP contribution in [0.3, 0.4) is 0 Å². The highest BCUT2D eigenvalue weighted by atomic mass is 16.3. The number of benzene rings is 1. The molecule has 5 aliphatic rings. The van der Waals surface area contributed by atoms with Gasteiger partial charge in [0.05, 0.1) is 18.4 Å². The van der Waals surface area contributed by atoms with Gasteiger partial charge in [-0.05, 0) is 55.9 Å². The Hall–Kier alpha value is -2.80. The molecule has 2 amide bonds. The minimum absolute atomic E-state index is 0.00227. The van der Waals surface area contributed by atoms with E-state index in [0.717, 1.165) is 69.9 Å². The number of amides is 2. The van der Waals surface area contributed by atoms with Crippen molar-refractivity contribution in [1.29, 1.82) is 0 Å². The van der Waals surface area contributed by atoms with Gasteiger partial charge in [-0.25, -0.2) is 0 Å².